The van der Waals surface area contributed by atoms with Crippen LogP contribution in [0.3, 0.4) is 0 Å². The topological polar surface area (TPSA) is 71.8 Å². The van der Waals surface area contributed by atoms with E-state index >= 15 is 0 Å². The summed E-state index contributed by atoms with van der Waals surface area (Å²) in [7, 11) is 1.74. The number of nitrogens with one attached hydrogen (secondary N) is 2. The molecular weight excluding hydrogens is 422 g/mol. The number of nitrogens with zero attached hydrogens (tertiary/aromatic N) is 3. The fraction of sp³-hybridized carbons (Fsp3) is 0.179. The zero-order valence-electron chi connectivity index (χ0n) is 19.5. The monoisotopic (exact) mass is 449 g/mol. The molecular formula is C28H27N5O. The highest BCUT2D eigenvalue weighted by Crippen LogP contribution is 2.27. The molecule has 170 valence electrons. The number of likely N-dealkylation sites (N-methyl/N-ethyl adjacent to an activating group) is 1. The van der Waals surface area contributed by atoms with Gasteiger partial charge in [0.25, 0.3) is 0 Å². The van der Waals surface area contributed by atoms with Crippen LogP contribution in [0, 0.1) is 18.8 Å². The first-order chi connectivity index (χ1) is 16.5. The zero-order chi connectivity index (χ0) is 23.9. The molecule has 0 bridgehead atoms. The van der Waals surface area contributed by atoms with Gasteiger partial charge in [0.2, 0.25) is 5.91 Å². The average molecular weight is 450 g/mol. The summed E-state index contributed by atoms with van der Waals surface area (Å²) in [5.74, 6) is 6.72. The van der Waals surface area contributed by atoms with Gasteiger partial charge >= 0.3 is 0 Å². The number of aromatic nitrogens is 3. The summed E-state index contributed by atoms with van der Waals surface area (Å²) in [6.45, 7) is 4.46. The molecule has 2 heterocycles. The highest BCUT2D eigenvalue weighted by molar-refractivity contribution is 5.94. The van der Waals surface area contributed by atoms with Gasteiger partial charge in [0.15, 0.2) is 0 Å². The Balaban J connectivity index is 1.77. The summed E-state index contributed by atoms with van der Waals surface area (Å²) in [6, 6.07) is 23.4. The number of carbonyl (C=O) groups excluding carboxylic acids is 1. The largest absolute Gasteiger partial charge is 0.326 e. The fourth-order valence-electron chi connectivity index (χ4n) is 3.57. The van der Waals surface area contributed by atoms with E-state index in [0.29, 0.717) is 18.1 Å². The zero-order valence-corrected chi connectivity index (χ0v) is 19.5. The van der Waals surface area contributed by atoms with Crippen molar-refractivity contribution in [3.63, 3.8) is 0 Å². The summed E-state index contributed by atoms with van der Waals surface area (Å²) >= 11 is 0. The smallest absolute Gasteiger partial charge is 0.242 e. The van der Waals surface area contributed by atoms with Crippen LogP contribution < -0.4 is 10.6 Å². The molecule has 1 atom stereocenters. The molecule has 4 aromatic rings. The van der Waals surface area contributed by atoms with E-state index in [1.807, 2.05) is 73.9 Å². The van der Waals surface area contributed by atoms with Crippen LogP contribution in [-0.2, 0) is 11.3 Å². The van der Waals surface area contributed by atoms with Crippen LogP contribution >= 0.6 is 0 Å². The Hall–Kier alpha value is -4.21. The van der Waals surface area contributed by atoms with E-state index < -0.39 is 0 Å². The number of amides is 1. The van der Waals surface area contributed by atoms with Crippen molar-refractivity contribution in [2.45, 2.75) is 26.4 Å². The molecule has 6 heteroatoms. The number of hydrogen-bond acceptors (Lipinski definition) is 4. The highest BCUT2D eigenvalue weighted by atomic mass is 16.2. The van der Waals surface area contributed by atoms with Gasteiger partial charge in [-0.15, -0.1) is 0 Å². The first-order valence-corrected chi connectivity index (χ1v) is 11.2. The van der Waals surface area contributed by atoms with Gasteiger partial charge in [-0.25, -0.2) is 9.97 Å². The number of benzene rings is 2. The second-order valence-corrected chi connectivity index (χ2v) is 8.00. The van der Waals surface area contributed by atoms with Crippen molar-refractivity contribution < 1.29 is 4.79 Å². The van der Waals surface area contributed by atoms with E-state index in [-0.39, 0.29) is 11.9 Å². The molecule has 0 saturated carbocycles. The number of carbonyl (C=O) groups is 1. The van der Waals surface area contributed by atoms with Crippen LogP contribution in [0.5, 0.6) is 0 Å². The van der Waals surface area contributed by atoms with Crippen molar-refractivity contribution >= 4 is 11.7 Å². The normalized spacial score (nSPS) is 11.4. The molecule has 0 radical (unpaired) electrons. The number of imidazole rings is 1. The lowest BCUT2D eigenvalue weighted by Crippen LogP contribution is -2.35. The summed E-state index contributed by atoms with van der Waals surface area (Å²) in [5, 5.41) is 5.81. The van der Waals surface area contributed by atoms with Crippen LogP contribution in [0.4, 0.5) is 5.82 Å². The van der Waals surface area contributed by atoms with Crippen LogP contribution in [0.2, 0.25) is 0 Å². The van der Waals surface area contributed by atoms with Crippen LogP contribution in [-0.4, -0.2) is 33.5 Å². The predicted octanol–water partition coefficient (Wildman–Crippen LogP) is 4.25. The van der Waals surface area contributed by atoms with Gasteiger partial charge in [0, 0.05) is 17.7 Å². The Morgan fingerprint density at radius 3 is 2.41 bits per heavy atom. The Bertz CT molecular complexity index is 1330. The molecule has 0 aliphatic heterocycles. The van der Waals surface area contributed by atoms with Crippen LogP contribution in [0.25, 0.3) is 11.3 Å². The van der Waals surface area contributed by atoms with Gasteiger partial charge in [-0.2, -0.15) is 0 Å². The third kappa shape index (κ3) is 5.40. The number of hydrogen-bond donors (Lipinski definition) is 2. The molecule has 0 fully saturated rings. The van der Waals surface area contributed by atoms with Crippen molar-refractivity contribution in [1.29, 1.82) is 0 Å². The standard InChI is InChI=1S/C28H27N5O/c1-20-27(33(19-30-20)18-23-12-8-5-9-13-23)24-15-17-26(32-28(34)21(2)29-3)31-25(24)16-14-22-10-6-4-7-11-22/h4-13,15,17,19,21,29H,18H2,1-3H3,(H,31,32,34). The SMILES string of the molecule is CNC(C)C(=O)Nc1ccc(-c2c(C)ncn2Cc2ccccc2)c(C#Cc2ccccc2)n1. The van der Waals surface area contributed by atoms with E-state index in [4.69, 9.17) is 4.98 Å². The van der Waals surface area contributed by atoms with Gasteiger partial charge in [0.1, 0.15) is 11.5 Å². The first kappa shape index (κ1) is 23.0. The van der Waals surface area contributed by atoms with E-state index in [1.54, 1.807) is 14.0 Å². The van der Waals surface area contributed by atoms with Gasteiger partial charge in [0.05, 0.1) is 23.8 Å². The van der Waals surface area contributed by atoms with E-state index in [0.717, 1.165) is 22.5 Å². The molecule has 2 aromatic carbocycles. The molecule has 1 unspecified atom stereocenters. The lowest BCUT2D eigenvalue weighted by atomic mass is 10.1. The molecule has 0 aliphatic rings. The molecule has 2 N–H and O–H groups in total. The van der Waals surface area contributed by atoms with Crippen molar-refractivity contribution in [3.8, 4) is 23.1 Å². The number of anilines is 1. The molecule has 0 aliphatic carbocycles. The highest BCUT2D eigenvalue weighted by Gasteiger charge is 2.17. The second-order valence-electron chi connectivity index (χ2n) is 8.00. The number of aryl methyl sites for hydroxylation is 1. The fourth-order valence-corrected chi connectivity index (χ4v) is 3.57. The van der Waals surface area contributed by atoms with Gasteiger partial charge in [-0.3, -0.25) is 4.79 Å². The maximum atomic E-state index is 12.4. The lowest BCUT2D eigenvalue weighted by molar-refractivity contribution is -0.117. The maximum absolute atomic E-state index is 12.4. The summed E-state index contributed by atoms with van der Waals surface area (Å²) in [4.78, 5) is 21.7. The molecule has 0 spiro atoms. The molecule has 2 aromatic heterocycles. The molecule has 1 amide bonds. The number of rotatable bonds is 6. The maximum Gasteiger partial charge on any atom is 0.242 e. The molecule has 6 nitrogen and oxygen atoms in total. The molecule has 34 heavy (non-hydrogen) atoms. The van der Waals surface area contributed by atoms with Crippen molar-refractivity contribution in [3.05, 3.63) is 102 Å². The van der Waals surface area contributed by atoms with Gasteiger partial charge in [-0.05, 0) is 56.6 Å². The Labute approximate surface area is 200 Å². The average Bonchev–Trinajstić information content (AvgIpc) is 3.23. The Kier molecular flexibility index (Phi) is 7.16. The van der Waals surface area contributed by atoms with Gasteiger partial charge < -0.3 is 15.2 Å². The molecule has 4 rings (SSSR count). The van der Waals surface area contributed by atoms with Crippen molar-refractivity contribution in [1.82, 2.24) is 19.9 Å². The number of pyridine rings is 1. The summed E-state index contributed by atoms with van der Waals surface area (Å²) in [6.07, 6.45) is 1.84. The van der Waals surface area contributed by atoms with E-state index in [1.165, 1.54) is 5.56 Å². The van der Waals surface area contributed by atoms with Crippen LogP contribution in [0.1, 0.15) is 29.4 Å². The second kappa shape index (κ2) is 10.6. The van der Waals surface area contributed by atoms with E-state index in [9.17, 15) is 4.79 Å². The van der Waals surface area contributed by atoms with E-state index in [2.05, 4.69) is 44.2 Å². The van der Waals surface area contributed by atoms with Crippen molar-refractivity contribution in [2.24, 2.45) is 0 Å². The Morgan fingerprint density at radius 1 is 1.00 bits per heavy atom. The minimum atomic E-state index is -0.338. The third-order valence-corrected chi connectivity index (χ3v) is 5.54. The van der Waals surface area contributed by atoms with Crippen LogP contribution in [0.15, 0.2) is 79.1 Å². The first-order valence-electron chi connectivity index (χ1n) is 11.2. The minimum Gasteiger partial charge on any atom is -0.326 e. The quantitative estimate of drug-likeness (QED) is 0.432. The predicted molar refractivity (Wildman–Crippen MR) is 135 cm³/mol. The summed E-state index contributed by atoms with van der Waals surface area (Å²) < 4.78 is 2.11. The van der Waals surface area contributed by atoms with Crippen molar-refractivity contribution in [2.75, 3.05) is 12.4 Å². The summed E-state index contributed by atoms with van der Waals surface area (Å²) in [5.41, 5.74) is 5.36. The third-order valence-electron chi connectivity index (χ3n) is 5.54. The van der Waals surface area contributed by atoms with Gasteiger partial charge in [-0.1, -0.05) is 54.5 Å². The Morgan fingerprint density at radius 2 is 1.71 bits per heavy atom. The minimum absolute atomic E-state index is 0.157. The molecule has 0 saturated heterocycles. The lowest BCUT2D eigenvalue weighted by Gasteiger charge is -2.14.